The number of aromatic nitrogens is 2. The van der Waals surface area contributed by atoms with Gasteiger partial charge >= 0.3 is 0 Å². The van der Waals surface area contributed by atoms with Crippen molar-refractivity contribution in [1.82, 2.24) is 15.5 Å². The fraction of sp³-hybridized carbons (Fsp3) is 0.179. The summed E-state index contributed by atoms with van der Waals surface area (Å²) in [7, 11) is 3.28. The molecule has 3 aromatic carbocycles. The molecule has 1 N–H and O–H groups in total. The predicted molar refractivity (Wildman–Crippen MR) is 144 cm³/mol. The topological polar surface area (TPSA) is 72.7 Å². The Bertz CT molecular complexity index is 1460. The molecule has 1 unspecified atom stereocenters. The van der Waals surface area contributed by atoms with E-state index in [1.165, 1.54) is 0 Å². The Kier molecular flexibility index (Phi) is 6.43. The van der Waals surface area contributed by atoms with Crippen molar-refractivity contribution in [2.45, 2.75) is 19.9 Å². The van der Waals surface area contributed by atoms with E-state index in [-0.39, 0.29) is 6.04 Å². The fourth-order valence-electron chi connectivity index (χ4n) is 4.38. The number of rotatable bonds is 6. The van der Waals surface area contributed by atoms with Crippen molar-refractivity contribution in [1.29, 1.82) is 0 Å². The van der Waals surface area contributed by atoms with Crippen molar-refractivity contribution >= 4 is 28.6 Å². The van der Waals surface area contributed by atoms with Gasteiger partial charge in [-0.3, -0.25) is 4.90 Å². The van der Waals surface area contributed by atoms with Gasteiger partial charge in [0.1, 0.15) is 11.5 Å². The second kappa shape index (κ2) is 9.83. The molecule has 0 radical (unpaired) electrons. The zero-order chi connectivity index (χ0) is 25.2. The Hall–Kier alpha value is -4.17. The van der Waals surface area contributed by atoms with Crippen LogP contribution in [0.1, 0.15) is 30.0 Å². The molecule has 1 aliphatic heterocycles. The van der Waals surface area contributed by atoms with Crippen LogP contribution in [0.5, 0.6) is 11.5 Å². The third-order valence-electron chi connectivity index (χ3n) is 6.16. The molecule has 182 valence electrons. The van der Waals surface area contributed by atoms with Gasteiger partial charge in [0, 0.05) is 16.9 Å². The number of hydrogen-bond donors (Lipinski definition) is 1. The number of nitrogens with one attached hydrogen (secondary N) is 1. The van der Waals surface area contributed by atoms with Crippen LogP contribution in [0.25, 0.3) is 17.0 Å². The number of benzene rings is 3. The van der Waals surface area contributed by atoms with Crippen molar-refractivity contribution in [3.8, 4) is 22.9 Å². The Morgan fingerprint density at radius 2 is 1.64 bits per heavy atom. The van der Waals surface area contributed by atoms with Gasteiger partial charge in [0.05, 0.1) is 25.8 Å². The predicted octanol–water partition coefficient (Wildman–Crippen LogP) is 5.93. The number of hydrogen-bond acceptors (Lipinski definition) is 6. The van der Waals surface area contributed by atoms with Crippen LogP contribution >= 0.6 is 12.2 Å². The SMILES string of the molecule is COc1cccc(-c2noc(C3=C(C)N(c4cccc(C)c4)C(=S)NC3c3cccc(OC)c3)n2)c1. The molecule has 0 fully saturated rings. The lowest BCUT2D eigenvalue weighted by Crippen LogP contribution is -2.46. The summed E-state index contributed by atoms with van der Waals surface area (Å²) in [5.41, 5.74) is 5.60. The number of thiocarbonyl (C=S) groups is 1. The first-order chi connectivity index (χ1) is 17.5. The molecule has 2 heterocycles. The molecule has 8 heteroatoms. The smallest absolute Gasteiger partial charge is 0.258 e. The van der Waals surface area contributed by atoms with Crippen LogP contribution in [-0.2, 0) is 0 Å². The molecule has 36 heavy (non-hydrogen) atoms. The number of aryl methyl sites for hydroxylation is 1. The summed E-state index contributed by atoms with van der Waals surface area (Å²) in [5.74, 6) is 2.36. The van der Waals surface area contributed by atoms with E-state index in [0.29, 0.717) is 16.8 Å². The van der Waals surface area contributed by atoms with Crippen molar-refractivity contribution < 1.29 is 14.0 Å². The van der Waals surface area contributed by atoms with Crippen molar-refractivity contribution in [2.24, 2.45) is 0 Å². The van der Waals surface area contributed by atoms with Crippen molar-refractivity contribution in [3.63, 3.8) is 0 Å². The van der Waals surface area contributed by atoms with Gasteiger partial charge in [-0.25, -0.2) is 0 Å². The quantitative estimate of drug-likeness (QED) is 0.328. The Balaban J connectivity index is 1.66. The van der Waals surface area contributed by atoms with E-state index in [2.05, 4.69) is 29.5 Å². The minimum absolute atomic E-state index is 0.313. The molecule has 1 atom stereocenters. The Morgan fingerprint density at radius 1 is 0.917 bits per heavy atom. The van der Waals surface area contributed by atoms with Gasteiger partial charge in [0.25, 0.3) is 5.89 Å². The van der Waals surface area contributed by atoms with E-state index in [1.807, 2.05) is 72.5 Å². The maximum absolute atomic E-state index is 5.85. The highest BCUT2D eigenvalue weighted by molar-refractivity contribution is 7.80. The summed E-state index contributed by atoms with van der Waals surface area (Å²) in [4.78, 5) is 6.79. The van der Waals surface area contributed by atoms with Gasteiger partial charge in [-0.15, -0.1) is 0 Å². The van der Waals surface area contributed by atoms with E-state index in [1.54, 1.807) is 14.2 Å². The van der Waals surface area contributed by atoms with Crippen LogP contribution in [0.3, 0.4) is 0 Å². The zero-order valence-corrected chi connectivity index (χ0v) is 21.3. The lowest BCUT2D eigenvalue weighted by Gasteiger charge is -2.37. The maximum Gasteiger partial charge on any atom is 0.258 e. The van der Waals surface area contributed by atoms with E-state index >= 15 is 0 Å². The highest BCUT2D eigenvalue weighted by atomic mass is 32.1. The van der Waals surface area contributed by atoms with Crippen molar-refractivity contribution in [3.05, 3.63) is 95.5 Å². The highest BCUT2D eigenvalue weighted by Crippen LogP contribution is 2.40. The lowest BCUT2D eigenvalue weighted by molar-refractivity contribution is 0.403. The van der Waals surface area contributed by atoms with Crippen LogP contribution in [0.2, 0.25) is 0 Å². The first-order valence-corrected chi connectivity index (χ1v) is 11.9. The summed E-state index contributed by atoms with van der Waals surface area (Å²) in [5, 5.41) is 8.36. The van der Waals surface area contributed by atoms with E-state index in [4.69, 9.17) is 31.2 Å². The number of nitrogens with zero attached hydrogens (tertiary/aromatic N) is 3. The largest absolute Gasteiger partial charge is 0.497 e. The second-order valence-electron chi connectivity index (χ2n) is 8.49. The number of anilines is 1. The monoisotopic (exact) mass is 498 g/mol. The average molecular weight is 499 g/mol. The summed E-state index contributed by atoms with van der Waals surface area (Å²) in [6.45, 7) is 4.08. The molecule has 0 saturated carbocycles. The first-order valence-electron chi connectivity index (χ1n) is 11.5. The normalized spacial score (nSPS) is 15.6. The van der Waals surface area contributed by atoms with Gasteiger partial charge in [0.2, 0.25) is 5.82 Å². The number of ether oxygens (including phenoxy) is 2. The summed E-state index contributed by atoms with van der Waals surface area (Å²) in [6.07, 6.45) is 0. The zero-order valence-electron chi connectivity index (χ0n) is 20.5. The minimum Gasteiger partial charge on any atom is -0.497 e. The average Bonchev–Trinajstić information content (AvgIpc) is 3.38. The standard InChI is InChI=1S/C28H26N4O3S/c1-17-8-5-11-21(14-17)32-18(2)24(25(29-28(32)36)19-9-6-12-22(15-19)33-3)27-30-26(31-35-27)20-10-7-13-23(16-20)34-4/h5-16,25H,1-4H3,(H,29,36). The molecular formula is C28H26N4O3S. The lowest BCUT2D eigenvalue weighted by atomic mass is 9.94. The molecule has 5 rings (SSSR count). The third-order valence-corrected chi connectivity index (χ3v) is 6.46. The van der Waals surface area contributed by atoms with Gasteiger partial charge < -0.3 is 19.3 Å². The molecule has 1 aliphatic rings. The molecule has 0 bridgehead atoms. The molecule has 0 amide bonds. The second-order valence-corrected chi connectivity index (χ2v) is 8.87. The first kappa shape index (κ1) is 23.6. The molecule has 0 spiro atoms. The summed E-state index contributed by atoms with van der Waals surface area (Å²) < 4.78 is 16.7. The van der Waals surface area contributed by atoms with Crippen LogP contribution < -0.4 is 19.7 Å². The number of allylic oxidation sites excluding steroid dienone is 1. The van der Waals surface area contributed by atoms with Gasteiger partial charge in [-0.05, 0) is 73.6 Å². The molecule has 7 nitrogen and oxygen atoms in total. The van der Waals surface area contributed by atoms with Crippen LogP contribution in [0, 0.1) is 6.92 Å². The molecule has 0 aliphatic carbocycles. The molecule has 4 aromatic rings. The highest BCUT2D eigenvalue weighted by Gasteiger charge is 2.35. The molecular weight excluding hydrogens is 472 g/mol. The fourth-order valence-corrected chi connectivity index (χ4v) is 4.74. The van der Waals surface area contributed by atoms with Crippen LogP contribution in [0.15, 0.2) is 83.0 Å². The maximum atomic E-state index is 5.85. The molecule has 1 aromatic heterocycles. The van der Waals surface area contributed by atoms with Gasteiger partial charge in [-0.1, -0.05) is 41.6 Å². The van der Waals surface area contributed by atoms with Crippen molar-refractivity contribution in [2.75, 3.05) is 19.1 Å². The van der Waals surface area contributed by atoms with E-state index in [9.17, 15) is 0 Å². The van der Waals surface area contributed by atoms with Gasteiger partial charge in [0.15, 0.2) is 5.11 Å². The summed E-state index contributed by atoms with van der Waals surface area (Å²) in [6, 6.07) is 23.3. The van der Waals surface area contributed by atoms with Crippen LogP contribution in [0.4, 0.5) is 5.69 Å². The van der Waals surface area contributed by atoms with E-state index in [0.717, 1.165) is 45.1 Å². The van der Waals surface area contributed by atoms with Gasteiger partial charge in [-0.2, -0.15) is 4.98 Å². The minimum atomic E-state index is -0.313. The Labute approximate surface area is 215 Å². The third kappa shape index (κ3) is 4.43. The molecule has 0 saturated heterocycles. The summed E-state index contributed by atoms with van der Waals surface area (Å²) >= 11 is 5.85. The Morgan fingerprint density at radius 3 is 2.39 bits per heavy atom. The van der Waals surface area contributed by atoms with Crippen LogP contribution in [-0.4, -0.2) is 29.5 Å². The van der Waals surface area contributed by atoms with E-state index < -0.39 is 0 Å². The number of methoxy groups -OCH3 is 2.